The van der Waals surface area contributed by atoms with Crippen LogP contribution in [0, 0.1) is 5.92 Å². The minimum absolute atomic E-state index is 0.232. The van der Waals surface area contributed by atoms with Gasteiger partial charge < -0.3 is 20.4 Å². The van der Waals surface area contributed by atoms with E-state index in [-0.39, 0.29) is 12.3 Å². The molecule has 0 aromatic carbocycles. The van der Waals surface area contributed by atoms with Crippen molar-refractivity contribution in [2.45, 2.75) is 51.6 Å². The molecule has 0 heterocycles. The van der Waals surface area contributed by atoms with Crippen molar-refractivity contribution < 1.29 is 20.4 Å². The fourth-order valence-electron chi connectivity index (χ4n) is 1.19. The summed E-state index contributed by atoms with van der Waals surface area (Å²) in [4.78, 5) is 0. The van der Waals surface area contributed by atoms with Crippen molar-refractivity contribution >= 4 is 0 Å². The third-order valence-electron chi connectivity index (χ3n) is 2.25. The van der Waals surface area contributed by atoms with Gasteiger partial charge in [-0.25, -0.2) is 0 Å². The molecule has 4 nitrogen and oxygen atoms in total. The van der Waals surface area contributed by atoms with Crippen molar-refractivity contribution in [2.75, 3.05) is 0 Å². The van der Waals surface area contributed by atoms with Gasteiger partial charge in [0, 0.05) is 0 Å². The van der Waals surface area contributed by atoms with E-state index in [4.69, 9.17) is 10.2 Å². The van der Waals surface area contributed by atoms with Crippen LogP contribution in [0.25, 0.3) is 0 Å². The SMILES string of the molecule is CC(O)C(O)CC(C)C(O)C(C)O. The minimum Gasteiger partial charge on any atom is -0.391 e. The zero-order valence-corrected chi connectivity index (χ0v) is 8.38. The molecule has 13 heavy (non-hydrogen) atoms. The molecule has 0 aliphatic rings. The molecule has 0 spiro atoms. The first-order chi connectivity index (χ1) is 5.86. The predicted molar refractivity (Wildman–Crippen MR) is 49.2 cm³/mol. The van der Waals surface area contributed by atoms with Gasteiger partial charge in [0.1, 0.15) is 0 Å². The molecule has 0 aliphatic carbocycles. The molecule has 0 aromatic heterocycles. The molecule has 0 amide bonds. The maximum atomic E-state index is 9.38. The Kier molecular flexibility index (Phi) is 5.48. The normalized spacial score (nSPS) is 23.3. The zero-order chi connectivity index (χ0) is 10.6. The van der Waals surface area contributed by atoms with Gasteiger partial charge in [0.25, 0.3) is 0 Å². The molecule has 0 rings (SSSR count). The molecule has 0 saturated heterocycles. The van der Waals surface area contributed by atoms with Gasteiger partial charge in [-0.3, -0.25) is 0 Å². The average Bonchev–Trinajstić information content (AvgIpc) is 2.02. The van der Waals surface area contributed by atoms with Crippen LogP contribution < -0.4 is 0 Å². The lowest BCUT2D eigenvalue weighted by Crippen LogP contribution is -2.34. The van der Waals surface area contributed by atoms with E-state index in [0.29, 0.717) is 0 Å². The van der Waals surface area contributed by atoms with Crippen LogP contribution in [0.15, 0.2) is 0 Å². The molecular formula is C9H20O4. The molecule has 4 heteroatoms. The van der Waals surface area contributed by atoms with E-state index in [1.807, 2.05) is 0 Å². The third kappa shape index (κ3) is 4.57. The molecule has 0 bridgehead atoms. The van der Waals surface area contributed by atoms with Crippen LogP contribution in [0.2, 0.25) is 0 Å². The van der Waals surface area contributed by atoms with Crippen LogP contribution in [-0.4, -0.2) is 44.8 Å². The van der Waals surface area contributed by atoms with E-state index < -0.39 is 24.4 Å². The third-order valence-corrected chi connectivity index (χ3v) is 2.25. The second kappa shape index (κ2) is 5.54. The summed E-state index contributed by atoms with van der Waals surface area (Å²) >= 11 is 0. The highest BCUT2D eigenvalue weighted by Crippen LogP contribution is 2.15. The van der Waals surface area contributed by atoms with E-state index in [2.05, 4.69) is 0 Å². The first-order valence-electron chi connectivity index (χ1n) is 4.58. The molecule has 0 fully saturated rings. The smallest absolute Gasteiger partial charge is 0.0822 e. The topological polar surface area (TPSA) is 80.9 Å². The van der Waals surface area contributed by atoms with Crippen molar-refractivity contribution in [3.05, 3.63) is 0 Å². The van der Waals surface area contributed by atoms with Gasteiger partial charge >= 0.3 is 0 Å². The molecule has 80 valence electrons. The molecule has 0 aromatic rings. The lowest BCUT2D eigenvalue weighted by molar-refractivity contribution is -0.0359. The largest absolute Gasteiger partial charge is 0.391 e. The number of hydrogen-bond donors (Lipinski definition) is 4. The fourth-order valence-corrected chi connectivity index (χ4v) is 1.19. The number of aliphatic hydroxyl groups excluding tert-OH is 4. The van der Waals surface area contributed by atoms with Gasteiger partial charge in [0.2, 0.25) is 0 Å². The van der Waals surface area contributed by atoms with Crippen molar-refractivity contribution in [1.29, 1.82) is 0 Å². The summed E-state index contributed by atoms with van der Waals surface area (Å²) in [5.74, 6) is -0.232. The Morgan fingerprint density at radius 2 is 1.31 bits per heavy atom. The highest BCUT2D eigenvalue weighted by atomic mass is 16.3. The Morgan fingerprint density at radius 1 is 0.846 bits per heavy atom. The quantitative estimate of drug-likeness (QED) is 0.473. The Hall–Kier alpha value is -0.160. The number of aliphatic hydroxyl groups is 4. The second-order valence-corrected chi connectivity index (χ2v) is 3.75. The highest BCUT2D eigenvalue weighted by Gasteiger charge is 2.23. The summed E-state index contributed by atoms with van der Waals surface area (Å²) in [5.41, 5.74) is 0. The predicted octanol–water partition coefficient (Wildman–Crippen LogP) is -0.504. The van der Waals surface area contributed by atoms with Crippen LogP contribution in [0.3, 0.4) is 0 Å². The van der Waals surface area contributed by atoms with Crippen LogP contribution in [0.1, 0.15) is 27.2 Å². The van der Waals surface area contributed by atoms with E-state index in [9.17, 15) is 10.2 Å². The van der Waals surface area contributed by atoms with Gasteiger partial charge in [-0.05, 0) is 26.2 Å². The summed E-state index contributed by atoms with van der Waals surface area (Å²) in [6, 6.07) is 0. The molecular weight excluding hydrogens is 172 g/mol. The van der Waals surface area contributed by atoms with Crippen LogP contribution in [0.5, 0.6) is 0 Å². The summed E-state index contributed by atoms with van der Waals surface area (Å²) in [6.45, 7) is 4.71. The minimum atomic E-state index is -0.853. The molecule has 5 unspecified atom stereocenters. The van der Waals surface area contributed by atoms with E-state index in [0.717, 1.165) is 0 Å². The summed E-state index contributed by atoms with van der Waals surface area (Å²) in [5, 5.41) is 36.7. The maximum Gasteiger partial charge on any atom is 0.0822 e. The maximum absolute atomic E-state index is 9.38. The Morgan fingerprint density at radius 3 is 1.62 bits per heavy atom. The number of rotatable bonds is 5. The molecule has 0 radical (unpaired) electrons. The average molecular weight is 192 g/mol. The zero-order valence-electron chi connectivity index (χ0n) is 8.38. The van der Waals surface area contributed by atoms with Crippen molar-refractivity contribution in [2.24, 2.45) is 5.92 Å². The van der Waals surface area contributed by atoms with Crippen molar-refractivity contribution in [3.8, 4) is 0 Å². The Bertz CT molecular complexity index is 136. The Balaban J connectivity index is 3.92. The van der Waals surface area contributed by atoms with Crippen molar-refractivity contribution in [3.63, 3.8) is 0 Å². The standard InChI is InChI=1S/C9H20O4/c1-5(9(13)7(3)11)4-8(12)6(2)10/h5-13H,4H2,1-3H3. The highest BCUT2D eigenvalue weighted by molar-refractivity contribution is 4.74. The monoisotopic (exact) mass is 192 g/mol. The van der Waals surface area contributed by atoms with Crippen LogP contribution in [-0.2, 0) is 0 Å². The van der Waals surface area contributed by atoms with Crippen LogP contribution >= 0.6 is 0 Å². The molecule has 4 N–H and O–H groups in total. The van der Waals surface area contributed by atoms with Crippen LogP contribution in [0.4, 0.5) is 0 Å². The first kappa shape index (κ1) is 12.8. The lowest BCUT2D eigenvalue weighted by atomic mass is 9.93. The molecule has 5 atom stereocenters. The number of hydrogen-bond acceptors (Lipinski definition) is 4. The van der Waals surface area contributed by atoms with E-state index >= 15 is 0 Å². The fraction of sp³-hybridized carbons (Fsp3) is 1.00. The van der Waals surface area contributed by atoms with Crippen molar-refractivity contribution in [1.82, 2.24) is 0 Å². The van der Waals surface area contributed by atoms with Gasteiger partial charge in [-0.1, -0.05) is 6.92 Å². The first-order valence-corrected chi connectivity index (χ1v) is 4.58. The summed E-state index contributed by atoms with van der Waals surface area (Å²) in [6.07, 6.45) is -3.03. The van der Waals surface area contributed by atoms with E-state index in [1.165, 1.54) is 13.8 Å². The second-order valence-electron chi connectivity index (χ2n) is 3.75. The van der Waals surface area contributed by atoms with Gasteiger partial charge in [0.05, 0.1) is 24.4 Å². The summed E-state index contributed by atoms with van der Waals surface area (Å²) in [7, 11) is 0. The summed E-state index contributed by atoms with van der Waals surface area (Å²) < 4.78 is 0. The molecule has 0 aliphatic heterocycles. The lowest BCUT2D eigenvalue weighted by Gasteiger charge is -2.24. The van der Waals surface area contributed by atoms with Gasteiger partial charge in [0.15, 0.2) is 0 Å². The van der Waals surface area contributed by atoms with Gasteiger partial charge in [-0.2, -0.15) is 0 Å². The van der Waals surface area contributed by atoms with Gasteiger partial charge in [-0.15, -0.1) is 0 Å². The Labute approximate surface area is 78.8 Å². The van der Waals surface area contributed by atoms with E-state index in [1.54, 1.807) is 6.92 Å². The molecule has 0 saturated carbocycles.